The topological polar surface area (TPSA) is 105 Å². The van der Waals surface area contributed by atoms with Crippen LogP contribution >= 0.6 is 0 Å². The molecule has 3 aromatic carbocycles. The van der Waals surface area contributed by atoms with Crippen LogP contribution in [0.2, 0.25) is 0 Å². The summed E-state index contributed by atoms with van der Waals surface area (Å²) >= 11 is 0. The van der Waals surface area contributed by atoms with Crippen LogP contribution in [0.5, 0.6) is 0 Å². The number of hydrogen-bond donors (Lipinski definition) is 2. The third-order valence-corrected chi connectivity index (χ3v) is 5.57. The first-order valence-electron chi connectivity index (χ1n) is 11.1. The highest BCUT2D eigenvalue weighted by atomic mass is 16.6. The minimum absolute atomic E-state index is 0.0591. The smallest absolute Gasteiger partial charge is 0.322 e. The van der Waals surface area contributed by atoms with Crippen LogP contribution in [0.1, 0.15) is 37.4 Å². The number of carbonyl (C=O) groups excluding carboxylic acids is 2. The van der Waals surface area contributed by atoms with Crippen LogP contribution < -0.4 is 10.6 Å². The number of nitro groups is 1. The summed E-state index contributed by atoms with van der Waals surface area (Å²) in [7, 11) is 0. The minimum Gasteiger partial charge on any atom is -0.326 e. The van der Waals surface area contributed by atoms with Crippen molar-refractivity contribution in [3.63, 3.8) is 0 Å². The molecule has 0 aliphatic rings. The van der Waals surface area contributed by atoms with Crippen molar-refractivity contribution in [3.05, 3.63) is 100 Å². The van der Waals surface area contributed by atoms with Gasteiger partial charge in [0.25, 0.3) is 5.69 Å². The Balaban J connectivity index is 1.70. The number of urea groups is 1. The van der Waals surface area contributed by atoms with Gasteiger partial charge in [-0.15, -0.1) is 0 Å². The van der Waals surface area contributed by atoms with Gasteiger partial charge < -0.3 is 15.5 Å². The predicted molar refractivity (Wildman–Crippen MR) is 133 cm³/mol. The molecule has 34 heavy (non-hydrogen) atoms. The van der Waals surface area contributed by atoms with Crippen molar-refractivity contribution in [2.24, 2.45) is 0 Å². The normalized spacial score (nSPS) is 11.4. The summed E-state index contributed by atoms with van der Waals surface area (Å²) in [5.74, 6) is -0.197. The lowest BCUT2D eigenvalue weighted by Crippen LogP contribution is -2.39. The molecule has 8 heteroatoms. The molecule has 0 aliphatic carbocycles. The Morgan fingerprint density at radius 2 is 1.50 bits per heavy atom. The molecule has 3 aromatic rings. The van der Waals surface area contributed by atoms with E-state index >= 15 is 0 Å². The second-order valence-electron chi connectivity index (χ2n) is 7.86. The first kappa shape index (κ1) is 24.4. The molecule has 176 valence electrons. The lowest BCUT2D eigenvalue weighted by molar-refractivity contribution is -0.384. The maximum atomic E-state index is 13.1. The van der Waals surface area contributed by atoms with Gasteiger partial charge in [0.15, 0.2) is 0 Å². The minimum atomic E-state index is -0.496. The summed E-state index contributed by atoms with van der Waals surface area (Å²) in [6.07, 6.45) is 1.03. The Morgan fingerprint density at radius 3 is 2.09 bits per heavy atom. The van der Waals surface area contributed by atoms with Gasteiger partial charge >= 0.3 is 6.03 Å². The van der Waals surface area contributed by atoms with Crippen LogP contribution in [-0.4, -0.2) is 28.3 Å². The molecule has 0 spiro atoms. The quantitative estimate of drug-likeness (QED) is 0.312. The Morgan fingerprint density at radius 1 is 0.912 bits per heavy atom. The van der Waals surface area contributed by atoms with E-state index in [1.54, 1.807) is 4.90 Å². The molecule has 0 fully saturated rings. The number of benzene rings is 3. The fourth-order valence-corrected chi connectivity index (χ4v) is 3.51. The van der Waals surface area contributed by atoms with E-state index in [0.29, 0.717) is 11.4 Å². The molecule has 0 saturated heterocycles. The highest BCUT2D eigenvalue weighted by Crippen LogP contribution is 2.23. The van der Waals surface area contributed by atoms with Crippen molar-refractivity contribution in [1.29, 1.82) is 0 Å². The molecule has 0 saturated carbocycles. The van der Waals surface area contributed by atoms with Gasteiger partial charge in [-0.05, 0) is 48.7 Å². The number of anilines is 2. The molecule has 0 heterocycles. The molecule has 0 aliphatic heterocycles. The van der Waals surface area contributed by atoms with E-state index in [4.69, 9.17) is 0 Å². The van der Waals surface area contributed by atoms with Crippen LogP contribution in [0, 0.1) is 10.1 Å². The first-order valence-corrected chi connectivity index (χ1v) is 11.1. The summed E-state index contributed by atoms with van der Waals surface area (Å²) in [6.45, 7) is 4.15. The van der Waals surface area contributed by atoms with E-state index in [9.17, 15) is 19.7 Å². The Hall–Kier alpha value is -4.20. The van der Waals surface area contributed by atoms with Crippen molar-refractivity contribution in [1.82, 2.24) is 4.90 Å². The zero-order valence-corrected chi connectivity index (χ0v) is 19.2. The zero-order chi connectivity index (χ0) is 24.5. The second-order valence-corrected chi connectivity index (χ2v) is 7.86. The van der Waals surface area contributed by atoms with E-state index in [-0.39, 0.29) is 30.6 Å². The van der Waals surface area contributed by atoms with Gasteiger partial charge in [-0.25, -0.2) is 4.79 Å². The summed E-state index contributed by atoms with van der Waals surface area (Å²) in [4.78, 5) is 37.7. The number of aryl methyl sites for hydroxylation is 1. The zero-order valence-electron chi connectivity index (χ0n) is 19.2. The van der Waals surface area contributed by atoms with Crippen molar-refractivity contribution in [3.8, 4) is 0 Å². The van der Waals surface area contributed by atoms with E-state index in [2.05, 4.69) is 17.6 Å². The first-order chi connectivity index (χ1) is 16.4. The van der Waals surface area contributed by atoms with Crippen LogP contribution in [0.25, 0.3) is 0 Å². The molecule has 8 nitrogen and oxygen atoms in total. The molecule has 3 amide bonds. The number of rotatable bonds is 9. The Labute approximate surface area is 198 Å². The lowest BCUT2D eigenvalue weighted by Gasteiger charge is -2.29. The van der Waals surface area contributed by atoms with Crippen LogP contribution in [0.3, 0.4) is 0 Å². The van der Waals surface area contributed by atoms with Gasteiger partial charge in [0, 0.05) is 36.5 Å². The third-order valence-electron chi connectivity index (χ3n) is 5.57. The summed E-state index contributed by atoms with van der Waals surface area (Å²) < 4.78 is 0. The maximum absolute atomic E-state index is 13.1. The fraction of sp³-hybridized carbons (Fsp3) is 0.231. The Bertz CT molecular complexity index is 1120. The SMILES string of the molecule is CCc1ccc(NC(=O)CCN(C(=O)Nc2ccc([N+](=O)[O-])cc2)C(C)c2ccccc2)cc1. The van der Waals surface area contributed by atoms with Crippen LogP contribution in [-0.2, 0) is 11.2 Å². The van der Waals surface area contributed by atoms with Gasteiger partial charge in [-0.3, -0.25) is 14.9 Å². The monoisotopic (exact) mass is 460 g/mol. The molecular weight excluding hydrogens is 432 g/mol. The van der Waals surface area contributed by atoms with E-state index in [0.717, 1.165) is 12.0 Å². The molecular formula is C26H28N4O4. The number of nitrogens with zero attached hydrogens (tertiary/aromatic N) is 2. The van der Waals surface area contributed by atoms with E-state index in [1.807, 2.05) is 61.5 Å². The number of non-ortho nitro benzene ring substituents is 1. The van der Waals surface area contributed by atoms with Gasteiger partial charge in [0.05, 0.1) is 11.0 Å². The van der Waals surface area contributed by atoms with Gasteiger partial charge in [0.2, 0.25) is 5.91 Å². The molecule has 0 radical (unpaired) electrons. The number of carbonyl (C=O) groups is 2. The summed E-state index contributed by atoms with van der Waals surface area (Å²) in [5.41, 5.74) is 3.19. The van der Waals surface area contributed by atoms with E-state index < -0.39 is 11.0 Å². The van der Waals surface area contributed by atoms with Crippen LogP contribution in [0.4, 0.5) is 21.9 Å². The number of amides is 3. The highest BCUT2D eigenvalue weighted by molar-refractivity contribution is 5.92. The average Bonchev–Trinajstić information content (AvgIpc) is 2.85. The molecule has 1 atom stereocenters. The lowest BCUT2D eigenvalue weighted by atomic mass is 10.1. The van der Waals surface area contributed by atoms with Crippen molar-refractivity contribution < 1.29 is 14.5 Å². The standard InChI is InChI=1S/C26H28N4O4/c1-3-20-9-11-22(12-10-20)27-25(31)17-18-29(19(2)21-7-5-4-6-8-21)26(32)28-23-13-15-24(16-14-23)30(33)34/h4-16,19H,3,17-18H2,1-2H3,(H,27,31)(H,28,32). The number of nitro benzene ring substituents is 1. The van der Waals surface area contributed by atoms with E-state index in [1.165, 1.54) is 29.8 Å². The molecule has 0 bridgehead atoms. The van der Waals surface area contributed by atoms with Crippen LogP contribution in [0.15, 0.2) is 78.9 Å². The largest absolute Gasteiger partial charge is 0.326 e. The van der Waals surface area contributed by atoms with Gasteiger partial charge in [-0.1, -0.05) is 49.4 Å². The molecule has 3 rings (SSSR count). The third kappa shape index (κ3) is 6.65. The van der Waals surface area contributed by atoms with Crippen molar-refractivity contribution >= 4 is 29.0 Å². The number of hydrogen-bond acceptors (Lipinski definition) is 4. The molecule has 2 N–H and O–H groups in total. The molecule has 0 aromatic heterocycles. The average molecular weight is 461 g/mol. The highest BCUT2D eigenvalue weighted by Gasteiger charge is 2.23. The maximum Gasteiger partial charge on any atom is 0.322 e. The predicted octanol–water partition coefficient (Wildman–Crippen LogP) is 5.78. The Kier molecular flexibility index (Phi) is 8.34. The van der Waals surface area contributed by atoms with Crippen molar-refractivity contribution in [2.45, 2.75) is 32.7 Å². The second kappa shape index (κ2) is 11.6. The van der Waals surface area contributed by atoms with Crippen molar-refractivity contribution in [2.75, 3.05) is 17.2 Å². The van der Waals surface area contributed by atoms with Gasteiger partial charge in [0.1, 0.15) is 0 Å². The van der Waals surface area contributed by atoms with Gasteiger partial charge in [-0.2, -0.15) is 0 Å². The molecule has 1 unspecified atom stereocenters. The summed E-state index contributed by atoms with van der Waals surface area (Å²) in [5, 5.41) is 16.5. The fourth-order valence-electron chi connectivity index (χ4n) is 3.51. The number of nitrogens with one attached hydrogen (secondary N) is 2. The summed E-state index contributed by atoms with van der Waals surface area (Å²) in [6, 6.07) is 22.1.